The molecule has 0 bridgehead atoms. The van der Waals surface area contributed by atoms with Gasteiger partial charge in [-0.3, -0.25) is 4.79 Å². The fourth-order valence-electron chi connectivity index (χ4n) is 3.78. The summed E-state index contributed by atoms with van der Waals surface area (Å²) in [6, 6.07) is 12.9. The molecule has 1 aliphatic heterocycles. The van der Waals surface area contributed by atoms with Crippen molar-refractivity contribution in [3.05, 3.63) is 71.2 Å². The molecule has 0 spiro atoms. The van der Waals surface area contributed by atoms with Gasteiger partial charge in [-0.2, -0.15) is 10.1 Å². The Morgan fingerprint density at radius 1 is 1.19 bits per heavy atom. The van der Waals surface area contributed by atoms with Gasteiger partial charge in [-0.15, -0.1) is 0 Å². The second-order valence-electron chi connectivity index (χ2n) is 7.62. The van der Waals surface area contributed by atoms with Gasteiger partial charge in [0.2, 0.25) is 5.95 Å². The molecule has 8 heteroatoms. The van der Waals surface area contributed by atoms with Crippen LogP contribution in [0.25, 0.3) is 0 Å². The number of methoxy groups -OCH3 is 1. The number of nitrogens with one attached hydrogen (secondary N) is 2. The third-order valence-electron chi connectivity index (χ3n) is 5.40. The van der Waals surface area contributed by atoms with Crippen LogP contribution in [0.15, 0.2) is 60.1 Å². The maximum Gasteiger partial charge on any atom is 0.255 e. The van der Waals surface area contributed by atoms with Gasteiger partial charge in [-0.1, -0.05) is 31.2 Å². The average Bonchev–Trinajstić information content (AvgIpc) is 3.26. The normalized spacial score (nSPS) is 15.1. The maximum absolute atomic E-state index is 13.5. The molecule has 8 nitrogen and oxygen atoms in total. The van der Waals surface area contributed by atoms with Gasteiger partial charge in [0.05, 0.1) is 19.3 Å². The molecule has 166 valence electrons. The summed E-state index contributed by atoms with van der Waals surface area (Å²) in [5.41, 5.74) is 3.86. The van der Waals surface area contributed by atoms with E-state index >= 15 is 0 Å². The SMILES string of the molecule is CCCOc1ccc(C2C(C(=O)Nc3ccccc3C)=C(C)Nc3ncnn32)cc1OC. The number of rotatable bonds is 7. The first-order valence-corrected chi connectivity index (χ1v) is 10.6. The van der Waals surface area contributed by atoms with Crippen molar-refractivity contribution >= 4 is 17.5 Å². The van der Waals surface area contributed by atoms with Crippen molar-refractivity contribution in [2.45, 2.75) is 33.2 Å². The van der Waals surface area contributed by atoms with Gasteiger partial charge in [0.15, 0.2) is 11.5 Å². The number of para-hydroxylation sites is 1. The van der Waals surface area contributed by atoms with Crippen molar-refractivity contribution in [1.82, 2.24) is 14.8 Å². The number of aryl methyl sites for hydroxylation is 1. The minimum atomic E-state index is -0.480. The molecule has 0 fully saturated rings. The minimum Gasteiger partial charge on any atom is -0.493 e. The third-order valence-corrected chi connectivity index (χ3v) is 5.40. The summed E-state index contributed by atoms with van der Waals surface area (Å²) in [7, 11) is 1.61. The highest BCUT2D eigenvalue weighted by molar-refractivity contribution is 6.06. The highest BCUT2D eigenvalue weighted by Crippen LogP contribution is 2.39. The standard InChI is InChI=1S/C24H27N5O3/c1-5-12-32-19-11-10-17(13-20(19)31-4)22-21(16(3)27-24-25-14-26-29(22)24)23(30)28-18-9-7-6-8-15(18)2/h6-11,13-14,22H,5,12H2,1-4H3,(H,28,30)(H,25,26,27). The van der Waals surface area contributed by atoms with Gasteiger partial charge in [0.1, 0.15) is 12.4 Å². The number of ether oxygens (including phenoxy) is 2. The number of allylic oxidation sites excluding steroid dienone is 1. The topological polar surface area (TPSA) is 90.3 Å². The monoisotopic (exact) mass is 433 g/mol. The first-order valence-electron chi connectivity index (χ1n) is 10.6. The van der Waals surface area contributed by atoms with Crippen LogP contribution in [0.4, 0.5) is 11.6 Å². The second-order valence-corrected chi connectivity index (χ2v) is 7.62. The first-order chi connectivity index (χ1) is 15.5. The van der Waals surface area contributed by atoms with E-state index in [1.807, 2.05) is 56.3 Å². The van der Waals surface area contributed by atoms with Crippen LogP contribution in [0.3, 0.4) is 0 Å². The molecule has 1 aliphatic rings. The summed E-state index contributed by atoms with van der Waals surface area (Å²) in [4.78, 5) is 17.8. The zero-order valence-electron chi connectivity index (χ0n) is 18.7. The van der Waals surface area contributed by atoms with Gasteiger partial charge >= 0.3 is 0 Å². The Balaban J connectivity index is 1.76. The lowest BCUT2D eigenvalue weighted by Gasteiger charge is -2.29. The van der Waals surface area contributed by atoms with Crippen molar-refractivity contribution in [3.8, 4) is 11.5 Å². The lowest BCUT2D eigenvalue weighted by atomic mass is 9.94. The second kappa shape index (κ2) is 9.13. The van der Waals surface area contributed by atoms with E-state index in [0.717, 1.165) is 23.2 Å². The van der Waals surface area contributed by atoms with Crippen LogP contribution < -0.4 is 20.1 Å². The number of carbonyl (C=O) groups is 1. The highest BCUT2D eigenvalue weighted by Gasteiger charge is 2.34. The summed E-state index contributed by atoms with van der Waals surface area (Å²) >= 11 is 0. The van der Waals surface area contributed by atoms with Crippen molar-refractivity contribution in [1.29, 1.82) is 0 Å². The van der Waals surface area contributed by atoms with Crippen LogP contribution in [-0.4, -0.2) is 34.4 Å². The number of anilines is 2. The third kappa shape index (κ3) is 4.03. The molecule has 2 heterocycles. The van der Waals surface area contributed by atoms with Gasteiger partial charge in [0, 0.05) is 11.4 Å². The Kier molecular flexibility index (Phi) is 6.11. The summed E-state index contributed by atoms with van der Waals surface area (Å²) in [5.74, 6) is 1.64. The molecule has 2 aromatic carbocycles. The molecule has 1 atom stereocenters. The molecule has 1 aromatic heterocycles. The molecule has 0 aliphatic carbocycles. The summed E-state index contributed by atoms with van der Waals surface area (Å²) in [6.45, 7) is 6.48. The number of carbonyl (C=O) groups excluding carboxylic acids is 1. The molecule has 0 saturated carbocycles. The molecular weight excluding hydrogens is 406 g/mol. The lowest BCUT2D eigenvalue weighted by Crippen LogP contribution is -2.31. The summed E-state index contributed by atoms with van der Waals surface area (Å²) in [6.07, 6.45) is 2.37. The molecule has 1 amide bonds. The zero-order chi connectivity index (χ0) is 22.7. The number of hydrogen-bond acceptors (Lipinski definition) is 6. The van der Waals surface area contributed by atoms with Crippen molar-refractivity contribution < 1.29 is 14.3 Å². The molecule has 32 heavy (non-hydrogen) atoms. The van der Waals surface area contributed by atoms with E-state index in [4.69, 9.17) is 9.47 Å². The van der Waals surface area contributed by atoms with Crippen LogP contribution in [-0.2, 0) is 4.79 Å². The van der Waals surface area contributed by atoms with E-state index in [-0.39, 0.29) is 5.91 Å². The number of nitrogens with zero attached hydrogens (tertiary/aromatic N) is 3. The number of fused-ring (bicyclic) bond motifs is 1. The van der Waals surface area contributed by atoms with E-state index in [1.165, 1.54) is 6.33 Å². The Labute approximate surface area is 187 Å². The first kappa shape index (κ1) is 21.4. The van der Waals surface area contributed by atoms with Crippen molar-refractivity contribution in [2.75, 3.05) is 24.4 Å². The summed E-state index contributed by atoms with van der Waals surface area (Å²) in [5, 5.41) is 10.6. The van der Waals surface area contributed by atoms with Crippen LogP contribution in [0, 0.1) is 6.92 Å². The Morgan fingerprint density at radius 2 is 2.00 bits per heavy atom. The van der Waals surface area contributed by atoms with E-state index in [2.05, 4.69) is 27.6 Å². The smallest absolute Gasteiger partial charge is 0.255 e. The van der Waals surface area contributed by atoms with Crippen LogP contribution in [0.1, 0.15) is 37.4 Å². The van der Waals surface area contributed by atoms with E-state index in [1.54, 1.807) is 11.8 Å². The predicted octanol–water partition coefficient (Wildman–Crippen LogP) is 4.31. The number of benzene rings is 2. The van der Waals surface area contributed by atoms with Gasteiger partial charge in [-0.25, -0.2) is 4.68 Å². The van der Waals surface area contributed by atoms with E-state index < -0.39 is 6.04 Å². The highest BCUT2D eigenvalue weighted by atomic mass is 16.5. The Hall–Kier alpha value is -3.81. The molecule has 4 rings (SSSR count). The van der Waals surface area contributed by atoms with Crippen LogP contribution in [0.2, 0.25) is 0 Å². The Morgan fingerprint density at radius 3 is 2.75 bits per heavy atom. The number of hydrogen-bond donors (Lipinski definition) is 2. The quantitative estimate of drug-likeness (QED) is 0.577. The number of aromatic nitrogens is 3. The largest absolute Gasteiger partial charge is 0.493 e. The average molecular weight is 434 g/mol. The molecule has 1 unspecified atom stereocenters. The van der Waals surface area contributed by atoms with Gasteiger partial charge in [-0.05, 0) is 49.6 Å². The maximum atomic E-state index is 13.5. The Bertz CT molecular complexity index is 1170. The lowest BCUT2D eigenvalue weighted by molar-refractivity contribution is -0.113. The minimum absolute atomic E-state index is 0.208. The fraction of sp³-hybridized carbons (Fsp3) is 0.292. The van der Waals surface area contributed by atoms with Crippen LogP contribution >= 0.6 is 0 Å². The number of amides is 1. The van der Waals surface area contributed by atoms with Crippen molar-refractivity contribution in [3.63, 3.8) is 0 Å². The fourth-order valence-corrected chi connectivity index (χ4v) is 3.78. The van der Waals surface area contributed by atoms with Crippen LogP contribution in [0.5, 0.6) is 11.5 Å². The van der Waals surface area contributed by atoms with Gasteiger partial charge in [0.25, 0.3) is 5.91 Å². The predicted molar refractivity (Wildman–Crippen MR) is 123 cm³/mol. The van der Waals surface area contributed by atoms with E-state index in [0.29, 0.717) is 35.3 Å². The van der Waals surface area contributed by atoms with E-state index in [9.17, 15) is 4.79 Å². The summed E-state index contributed by atoms with van der Waals surface area (Å²) < 4.78 is 13.1. The van der Waals surface area contributed by atoms with Crippen molar-refractivity contribution in [2.24, 2.45) is 0 Å². The molecule has 3 aromatic rings. The molecule has 0 radical (unpaired) electrons. The molecular formula is C24H27N5O3. The van der Waals surface area contributed by atoms with Gasteiger partial charge < -0.3 is 20.1 Å². The zero-order valence-corrected chi connectivity index (χ0v) is 18.7. The molecule has 2 N–H and O–H groups in total. The molecule has 0 saturated heterocycles.